The second-order valence-electron chi connectivity index (χ2n) is 7.95. The number of halogens is 5. The van der Waals surface area contributed by atoms with Gasteiger partial charge in [-0.25, -0.2) is 0 Å². The number of likely N-dealkylation sites (tertiary alicyclic amines) is 1. The van der Waals surface area contributed by atoms with Gasteiger partial charge < -0.3 is 9.50 Å². The van der Waals surface area contributed by atoms with Crippen molar-refractivity contribution >= 4 is 39.2 Å². The molecule has 0 aliphatic carbocycles. The monoisotopic (exact) mass is 550 g/mol. The summed E-state index contributed by atoms with van der Waals surface area (Å²) in [5.74, 6) is -1.06. The molecule has 1 amide bonds. The third-order valence-corrected chi connectivity index (χ3v) is 7.40. The maximum atomic E-state index is 13.2. The van der Waals surface area contributed by atoms with Crippen molar-refractivity contribution in [3.8, 4) is 5.75 Å². The number of carbonyl (C=O) groups excluding carboxylic acids is 1. The first kappa shape index (κ1) is 27.3. The van der Waals surface area contributed by atoms with Crippen molar-refractivity contribution in [3.63, 3.8) is 0 Å². The van der Waals surface area contributed by atoms with Gasteiger partial charge in [-0.05, 0) is 49.2 Å². The summed E-state index contributed by atoms with van der Waals surface area (Å²) in [5.41, 5.74) is -5.08. The number of benzene rings is 2. The van der Waals surface area contributed by atoms with E-state index in [2.05, 4.69) is 21.0 Å². The molecule has 1 aliphatic heterocycles. The van der Waals surface area contributed by atoms with Gasteiger partial charge in [-0.1, -0.05) is 53.9 Å². The van der Waals surface area contributed by atoms with E-state index in [1.54, 1.807) is 18.2 Å². The van der Waals surface area contributed by atoms with E-state index in [0.717, 1.165) is 25.5 Å². The van der Waals surface area contributed by atoms with E-state index < -0.39 is 33.3 Å². The largest absolute Gasteiger partial charge is 0.534 e. The van der Waals surface area contributed by atoms with Gasteiger partial charge in [0.1, 0.15) is 5.75 Å². The Balaban J connectivity index is 2.01. The fraction of sp³-hybridized carbons (Fsp3) is 0.348. The van der Waals surface area contributed by atoms with Gasteiger partial charge in [0.05, 0.1) is 21.7 Å². The molecule has 3 rings (SSSR count). The van der Waals surface area contributed by atoms with Crippen molar-refractivity contribution < 1.29 is 30.6 Å². The highest BCUT2D eigenvalue weighted by Gasteiger charge is 2.48. The third-order valence-electron chi connectivity index (χ3n) is 5.60. The molecule has 2 aromatic rings. The Kier molecular flexibility index (Phi) is 8.74. The summed E-state index contributed by atoms with van der Waals surface area (Å²) in [4.78, 5) is 15.3. The standard InChI is InChI=1S/C23H23Cl2F3N2O4S/c1-2-12-30-13-4-3-11-19(30)21(29-22(31)17-9-6-10-18(24)20(17)25)15-7-5-8-16(14-15)34-35(32,33)23(26,27)28/h2,5-10,14,19,21H,1,3-4,11-13H2,(H,29,31)/t19-,21-/m0/s1. The van der Waals surface area contributed by atoms with Crippen LogP contribution in [-0.4, -0.2) is 43.9 Å². The fourth-order valence-electron chi connectivity index (χ4n) is 4.02. The number of hydrogen-bond acceptors (Lipinski definition) is 5. The molecule has 35 heavy (non-hydrogen) atoms. The van der Waals surface area contributed by atoms with Crippen LogP contribution in [0.15, 0.2) is 55.1 Å². The zero-order chi connectivity index (χ0) is 25.8. The predicted molar refractivity (Wildman–Crippen MR) is 128 cm³/mol. The quantitative estimate of drug-likeness (QED) is 0.258. The van der Waals surface area contributed by atoms with Crippen LogP contribution in [0.4, 0.5) is 13.2 Å². The summed E-state index contributed by atoms with van der Waals surface area (Å²) in [6.07, 6.45) is 4.19. The zero-order valence-electron chi connectivity index (χ0n) is 18.4. The van der Waals surface area contributed by atoms with Crippen molar-refractivity contribution in [1.82, 2.24) is 10.2 Å². The van der Waals surface area contributed by atoms with E-state index in [0.29, 0.717) is 18.5 Å². The van der Waals surface area contributed by atoms with E-state index in [-0.39, 0.29) is 21.7 Å². The van der Waals surface area contributed by atoms with Crippen LogP contribution in [0.25, 0.3) is 0 Å². The molecule has 12 heteroatoms. The topological polar surface area (TPSA) is 75.7 Å². The average molecular weight is 551 g/mol. The molecule has 1 heterocycles. The number of piperidine rings is 1. The Hall–Kier alpha value is -2.27. The molecule has 0 spiro atoms. The summed E-state index contributed by atoms with van der Waals surface area (Å²) in [7, 11) is -5.86. The third kappa shape index (κ3) is 6.49. The molecular weight excluding hydrogens is 528 g/mol. The molecule has 0 bridgehead atoms. The number of hydrogen-bond donors (Lipinski definition) is 1. The van der Waals surface area contributed by atoms with Crippen molar-refractivity contribution in [2.45, 2.75) is 36.9 Å². The van der Waals surface area contributed by atoms with Crippen LogP contribution in [0, 0.1) is 0 Å². The second kappa shape index (κ2) is 11.2. The number of alkyl halides is 3. The second-order valence-corrected chi connectivity index (χ2v) is 10.3. The minimum absolute atomic E-state index is 0.0605. The van der Waals surface area contributed by atoms with E-state index in [4.69, 9.17) is 23.2 Å². The number of nitrogens with zero attached hydrogens (tertiary/aromatic N) is 1. The predicted octanol–water partition coefficient (Wildman–Crippen LogP) is 5.73. The number of rotatable bonds is 8. The van der Waals surface area contributed by atoms with Crippen LogP contribution in [-0.2, 0) is 10.1 Å². The van der Waals surface area contributed by atoms with Gasteiger partial charge in [0.25, 0.3) is 5.91 Å². The van der Waals surface area contributed by atoms with E-state index in [1.807, 2.05) is 0 Å². The Labute approximate surface area is 211 Å². The fourth-order valence-corrected chi connectivity index (χ4v) is 4.86. The average Bonchev–Trinajstić information content (AvgIpc) is 2.79. The number of carbonyl (C=O) groups is 1. The van der Waals surface area contributed by atoms with Crippen LogP contribution in [0.1, 0.15) is 41.2 Å². The van der Waals surface area contributed by atoms with Gasteiger partial charge in [0, 0.05) is 12.6 Å². The van der Waals surface area contributed by atoms with Crippen molar-refractivity contribution in [2.24, 2.45) is 0 Å². The van der Waals surface area contributed by atoms with Crippen molar-refractivity contribution in [3.05, 3.63) is 76.3 Å². The lowest BCUT2D eigenvalue weighted by atomic mass is 9.90. The van der Waals surface area contributed by atoms with Crippen molar-refractivity contribution in [1.29, 1.82) is 0 Å². The number of amides is 1. The molecule has 1 N–H and O–H groups in total. The molecule has 190 valence electrons. The molecule has 1 aliphatic rings. The first-order chi connectivity index (χ1) is 16.4. The summed E-state index contributed by atoms with van der Waals surface area (Å²) in [6.45, 7) is 5.02. The molecule has 0 saturated carbocycles. The molecule has 0 unspecified atom stereocenters. The van der Waals surface area contributed by atoms with Gasteiger partial charge in [0.2, 0.25) is 0 Å². The van der Waals surface area contributed by atoms with E-state index in [9.17, 15) is 26.4 Å². The SMILES string of the molecule is C=CCN1CCCC[C@H]1[C@@H](NC(=O)c1cccc(Cl)c1Cl)c1cccc(OS(=O)(=O)C(F)(F)F)c1. The van der Waals surface area contributed by atoms with Crippen LogP contribution in [0.5, 0.6) is 5.75 Å². The van der Waals surface area contributed by atoms with Crippen LogP contribution in [0.3, 0.4) is 0 Å². The molecule has 1 saturated heterocycles. The lowest BCUT2D eigenvalue weighted by molar-refractivity contribution is -0.0500. The van der Waals surface area contributed by atoms with E-state index >= 15 is 0 Å². The smallest absolute Gasteiger partial charge is 0.376 e. The first-order valence-corrected chi connectivity index (χ1v) is 12.8. The Morgan fingerprint density at radius 3 is 2.63 bits per heavy atom. The Morgan fingerprint density at radius 2 is 1.94 bits per heavy atom. The summed E-state index contributed by atoms with van der Waals surface area (Å²) < 4.78 is 65.8. The van der Waals surface area contributed by atoms with E-state index in [1.165, 1.54) is 24.3 Å². The van der Waals surface area contributed by atoms with Gasteiger partial charge in [-0.15, -0.1) is 6.58 Å². The van der Waals surface area contributed by atoms with Crippen LogP contribution >= 0.6 is 23.2 Å². The van der Waals surface area contributed by atoms with Crippen LogP contribution < -0.4 is 9.50 Å². The Bertz CT molecular complexity index is 1190. The molecule has 2 atom stereocenters. The summed E-state index contributed by atoms with van der Waals surface area (Å²) in [5, 5.41) is 3.16. The lowest BCUT2D eigenvalue weighted by Gasteiger charge is -2.40. The summed E-state index contributed by atoms with van der Waals surface area (Å²) >= 11 is 12.3. The minimum atomic E-state index is -5.86. The first-order valence-electron chi connectivity index (χ1n) is 10.6. The molecule has 6 nitrogen and oxygen atoms in total. The lowest BCUT2D eigenvalue weighted by Crippen LogP contribution is -2.48. The highest BCUT2D eigenvalue weighted by atomic mass is 35.5. The van der Waals surface area contributed by atoms with Gasteiger partial charge in [-0.3, -0.25) is 9.69 Å². The molecule has 0 radical (unpaired) electrons. The van der Waals surface area contributed by atoms with Gasteiger partial charge in [-0.2, -0.15) is 21.6 Å². The molecule has 1 fully saturated rings. The highest BCUT2D eigenvalue weighted by molar-refractivity contribution is 7.88. The summed E-state index contributed by atoms with van der Waals surface area (Å²) in [6, 6.07) is 8.84. The number of nitrogens with one attached hydrogen (secondary N) is 1. The Morgan fingerprint density at radius 1 is 1.23 bits per heavy atom. The minimum Gasteiger partial charge on any atom is -0.376 e. The maximum absolute atomic E-state index is 13.2. The van der Waals surface area contributed by atoms with Gasteiger partial charge >= 0.3 is 15.6 Å². The molecule has 0 aromatic heterocycles. The molecule has 2 aromatic carbocycles. The van der Waals surface area contributed by atoms with Crippen molar-refractivity contribution in [2.75, 3.05) is 13.1 Å². The highest BCUT2D eigenvalue weighted by Crippen LogP contribution is 2.33. The zero-order valence-corrected chi connectivity index (χ0v) is 20.7. The molecular formula is C23H23Cl2F3N2O4S. The normalized spacial score (nSPS) is 18.0. The van der Waals surface area contributed by atoms with Crippen LogP contribution in [0.2, 0.25) is 10.0 Å². The maximum Gasteiger partial charge on any atom is 0.534 e. The van der Waals surface area contributed by atoms with Gasteiger partial charge in [0.15, 0.2) is 0 Å².